The SMILES string of the molecule is COc1ccc(-n2c(C)nnc2SCC(=O)NC(C)C2CC3CCC2C3)cc1. The zero-order chi connectivity index (χ0) is 19.7. The lowest BCUT2D eigenvalue weighted by molar-refractivity contribution is -0.119. The minimum Gasteiger partial charge on any atom is -0.497 e. The molecule has 4 unspecified atom stereocenters. The summed E-state index contributed by atoms with van der Waals surface area (Å²) in [6.07, 6.45) is 5.38. The van der Waals surface area contributed by atoms with E-state index in [0.717, 1.165) is 34.3 Å². The van der Waals surface area contributed by atoms with Crippen molar-refractivity contribution in [1.82, 2.24) is 20.1 Å². The highest BCUT2D eigenvalue weighted by molar-refractivity contribution is 7.99. The lowest BCUT2D eigenvalue weighted by Gasteiger charge is -2.28. The number of methoxy groups -OCH3 is 1. The number of amides is 1. The maximum absolute atomic E-state index is 12.5. The number of rotatable bonds is 7. The molecule has 2 aromatic rings. The molecule has 4 rings (SSSR count). The first kappa shape index (κ1) is 19.3. The van der Waals surface area contributed by atoms with E-state index >= 15 is 0 Å². The summed E-state index contributed by atoms with van der Waals surface area (Å²) in [6, 6.07) is 8.01. The molecule has 2 bridgehead atoms. The zero-order valence-electron chi connectivity index (χ0n) is 16.7. The van der Waals surface area contributed by atoms with Gasteiger partial charge in [-0.25, -0.2) is 0 Å². The second-order valence-corrected chi connectivity index (χ2v) is 8.99. The summed E-state index contributed by atoms with van der Waals surface area (Å²) in [4.78, 5) is 12.5. The third kappa shape index (κ3) is 3.90. The lowest BCUT2D eigenvalue weighted by atomic mass is 9.84. The van der Waals surface area contributed by atoms with Crippen molar-refractivity contribution in [1.29, 1.82) is 0 Å². The van der Waals surface area contributed by atoms with Crippen molar-refractivity contribution in [3.63, 3.8) is 0 Å². The highest BCUT2D eigenvalue weighted by Gasteiger charge is 2.42. The highest BCUT2D eigenvalue weighted by Crippen LogP contribution is 2.49. The summed E-state index contributed by atoms with van der Waals surface area (Å²) in [6.45, 7) is 4.08. The maximum Gasteiger partial charge on any atom is 0.230 e. The Bertz CT molecular complexity index is 835. The quantitative estimate of drug-likeness (QED) is 0.719. The van der Waals surface area contributed by atoms with Gasteiger partial charge in [0.2, 0.25) is 5.91 Å². The van der Waals surface area contributed by atoms with Crippen molar-refractivity contribution < 1.29 is 9.53 Å². The van der Waals surface area contributed by atoms with Crippen molar-refractivity contribution in [3.05, 3.63) is 30.1 Å². The van der Waals surface area contributed by atoms with Gasteiger partial charge in [-0.15, -0.1) is 10.2 Å². The lowest BCUT2D eigenvalue weighted by Crippen LogP contribution is -2.40. The smallest absolute Gasteiger partial charge is 0.230 e. The van der Waals surface area contributed by atoms with Crippen molar-refractivity contribution >= 4 is 17.7 Å². The Kier molecular flexibility index (Phi) is 5.62. The van der Waals surface area contributed by atoms with Crippen LogP contribution in [0.5, 0.6) is 5.75 Å². The molecule has 4 atom stereocenters. The summed E-state index contributed by atoms with van der Waals surface area (Å²) >= 11 is 1.43. The zero-order valence-corrected chi connectivity index (χ0v) is 17.5. The van der Waals surface area contributed by atoms with E-state index in [0.29, 0.717) is 11.7 Å². The average Bonchev–Trinajstić information content (AvgIpc) is 3.42. The van der Waals surface area contributed by atoms with E-state index in [2.05, 4.69) is 22.4 Å². The van der Waals surface area contributed by atoms with Crippen LogP contribution in [0.4, 0.5) is 0 Å². The van der Waals surface area contributed by atoms with Gasteiger partial charge in [-0.1, -0.05) is 18.2 Å². The normalized spacial score (nSPS) is 24.3. The topological polar surface area (TPSA) is 69.0 Å². The van der Waals surface area contributed by atoms with E-state index in [4.69, 9.17) is 4.74 Å². The van der Waals surface area contributed by atoms with Crippen LogP contribution in [-0.2, 0) is 4.79 Å². The number of hydrogen-bond acceptors (Lipinski definition) is 5. The molecule has 0 aliphatic heterocycles. The van der Waals surface area contributed by atoms with Gasteiger partial charge in [0, 0.05) is 11.7 Å². The number of carbonyl (C=O) groups excluding carboxylic acids is 1. The number of nitrogens with one attached hydrogen (secondary N) is 1. The number of hydrogen-bond donors (Lipinski definition) is 1. The molecule has 2 aliphatic rings. The number of aromatic nitrogens is 3. The fourth-order valence-corrected chi connectivity index (χ4v) is 5.71. The first-order valence-corrected chi connectivity index (χ1v) is 11.0. The second kappa shape index (κ2) is 8.15. The molecule has 1 aromatic carbocycles. The van der Waals surface area contributed by atoms with Crippen molar-refractivity contribution in [2.75, 3.05) is 12.9 Å². The Morgan fingerprint density at radius 1 is 1.29 bits per heavy atom. The van der Waals surface area contributed by atoms with E-state index in [1.54, 1.807) is 7.11 Å². The molecule has 1 heterocycles. The maximum atomic E-state index is 12.5. The van der Waals surface area contributed by atoms with Gasteiger partial charge >= 0.3 is 0 Å². The number of ether oxygens (including phenoxy) is 1. The Balaban J connectivity index is 1.36. The molecule has 1 N–H and O–H groups in total. The second-order valence-electron chi connectivity index (χ2n) is 8.05. The van der Waals surface area contributed by atoms with Crippen LogP contribution in [0.15, 0.2) is 29.4 Å². The van der Waals surface area contributed by atoms with Crippen LogP contribution in [0.3, 0.4) is 0 Å². The van der Waals surface area contributed by atoms with Crippen LogP contribution >= 0.6 is 11.8 Å². The van der Waals surface area contributed by atoms with Gasteiger partial charge in [-0.05, 0) is 75.1 Å². The molecular weight excluding hydrogens is 372 g/mol. The minimum atomic E-state index is 0.0715. The van der Waals surface area contributed by atoms with E-state index in [1.807, 2.05) is 35.8 Å². The van der Waals surface area contributed by atoms with Crippen LogP contribution < -0.4 is 10.1 Å². The molecule has 6 nitrogen and oxygen atoms in total. The molecule has 1 aromatic heterocycles. The van der Waals surface area contributed by atoms with E-state index in [9.17, 15) is 4.79 Å². The summed E-state index contributed by atoms with van der Waals surface area (Å²) < 4.78 is 7.19. The molecule has 2 saturated carbocycles. The molecule has 150 valence electrons. The van der Waals surface area contributed by atoms with Gasteiger partial charge in [-0.2, -0.15) is 0 Å². The van der Waals surface area contributed by atoms with Crippen molar-refractivity contribution in [2.45, 2.75) is 50.7 Å². The highest BCUT2D eigenvalue weighted by atomic mass is 32.2. The first-order valence-electron chi connectivity index (χ1n) is 10.0. The Morgan fingerprint density at radius 2 is 2.07 bits per heavy atom. The van der Waals surface area contributed by atoms with E-state index in [1.165, 1.54) is 37.4 Å². The molecule has 28 heavy (non-hydrogen) atoms. The van der Waals surface area contributed by atoms with Gasteiger partial charge in [0.25, 0.3) is 0 Å². The number of nitrogens with zero attached hydrogens (tertiary/aromatic N) is 3. The number of benzene rings is 1. The third-order valence-corrected chi connectivity index (χ3v) is 7.21. The number of fused-ring (bicyclic) bond motifs is 2. The fourth-order valence-electron chi connectivity index (χ4n) is 4.90. The Hall–Kier alpha value is -2.02. The van der Waals surface area contributed by atoms with Gasteiger partial charge < -0.3 is 10.1 Å². The van der Waals surface area contributed by atoms with Gasteiger partial charge in [0.15, 0.2) is 5.16 Å². The minimum absolute atomic E-state index is 0.0715. The van der Waals surface area contributed by atoms with Crippen molar-refractivity contribution in [2.24, 2.45) is 17.8 Å². The monoisotopic (exact) mass is 400 g/mol. The molecule has 2 fully saturated rings. The summed E-state index contributed by atoms with van der Waals surface area (Å²) in [5.41, 5.74) is 0.960. The number of thioether (sulfide) groups is 1. The standard InChI is InChI=1S/C21H28N4O2S/c1-13(19-11-15-4-5-16(19)10-15)22-20(26)12-28-21-24-23-14(2)25(21)17-6-8-18(27-3)9-7-17/h6-9,13,15-16,19H,4-5,10-12H2,1-3H3,(H,22,26). The molecular formula is C21H28N4O2S. The van der Waals surface area contributed by atoms with Crippen molar-refractivity contribution in [3.8, 4) is 11.4 Å². The molecule has 0 saturated heterocycles. The predicted octanol–water partition coefficient (Wildman–Crippen LogP) is 3.62. The molecule has 1 amide bonds. The molecule has 2 aliphatic carbocycles. The van der Waals surface area contributed by atoms with Gasteiger partial charge in [0.05, 0.1) is 12.9 Å². The largest absolute Gasteiger partial charge is 0.497 e. The van der Waals surface area contributed by atoms with E-state index in [-0.39, 0.29) is 11.9 Å². The summed E-state index contributed by atoms with van der Waals surface area (Å²) in [5.74, 6) is 4.38. The predicted molar refractivity (Wildman–Crippen MR) is 110 cm³/mol. The molecule has 0 radical (unpaired) electrons. The van der Waals surface area contributed by atoms with Crippen LogP contribution in [0, 0.1) is 24.7 Å². The average molecular weight is 401 g/mol. The van der Waals surface area contributed by atoms with Crippen LogP contribution in [0.25, 0.3) is 5.69 Å². The number of carbonyl (C=O) groups is 1. The van der Waals surface area contributed by atoms with Gasteiger partial charge in [0.1, 0.15) is 11.6 Å². The van der Waals surface area contributed by atoms with Crippen LogP contribution in [0.1, 0.15) is 38.4 Å². The van der Waals surface area contributed by atoms with Crippen LogP contribution in [-0.4, -0.2) is 39.6 Å². The molecule has 7 heteroatoms. The Morgan fingerprint density at radius 3 is 2.71 bits per heavy atom. The summed E-state index contributed by atoms with van der Waals surface area (Å²) in [7, 11) is 1.65. The van der Waals surface area contributed by atoms with Gasteiger partial charge in [-0.3, -0.25) is 9.36 Å². The Labute approximate surface area is 170 Å². The third-order valence-electron chi connectivity index (χ3n) is 6.28. The number of aryl methyl sites for hydroxylation is 1. The molecule has 0 spiro atoms. The summed E-state index contributed by atoms with van der Waals surface area (Å²) in [5, 5.41) is 12.4. The van der Waals surface area contributed by atoms with E-state index < -0.39 is 0 Å². The fraction of sp³-hybridized carbons (Fsp3) is 0.571. The van der Waals surface area contributed by atoms with Crippen LogP contribution in [0.2, 0.25) is 0 Å². The first-order chi connectivity index (χ1) is 13.5.